The molecule has 0 N–H and O–H groups in total. The molecule has 2 aromatic carbocycles. The highest BCUT2D eigenvalue weighted by atomic mass is 16.6. The molecule has 3 aromatic rings. The van der Waals surface area contributed by atoms with Gasteiger partial charge in [0.1, 0.15) is 17.1 Å². The van der Waals surface area contributed by atoms with Crippen LogP contribution in [0.2, 0.25) is 0 Å². The number of rotatable bonds is 5. The average Bonchev–Trinajstić information content (AvgIpc) is 3.00. The van der Waals surface area contributed by atoms with Gasteiger partial charge in [0.2, 0.25) is 0 Å². The zero-order chi connectivity index (χ0) is 19.6. The second-order valence-corrected chi connectivity index (χ2v) is 6.38. The first-order valence-electron chi connectivity index (χ1n) is 8.50. The topological polar surface area (TPSA) is 73.3 Å². The number of hydrogen-bond acceptors (Lipinski definition) is 4. The van der Waals surface area contributed by atoms with Crippen molar-refractivity contribution in [3.8, 4) is 0 Å². The molecule has 27 heavy (non-hydrogen) atoms. The summed E-state index contributed by atoms with van der Waals surface area (Å²) in [6.07, 6.45) is 1.89. The van der Waals surface area contributed by atoms with Crippen molar-refractivity contribution in [2.75, 3.05) is 0 Å². The molecular weight excluding hydrogens is 342 g/mol. The number of furan rings is 1. The van der Waals surface area contributed by atoms with Crippen LogP contribution in [0.3, 0.4) is 0 Å². The van der Waals surface area contributed by atoms with E-state index in [1.165, 1.54) is 6.07 Å². The second-order valence-electron chi connectivity index (χ2n) is 6.38. The van der Waals surface area contributed by atoms with Crippen LogP contribution in [-0.2, 0) is 0 Å². The summed E-state index contributed by atoms with van der Waals surface area (Å²) in [6.45, 7) is 5.71. The molecule has 0 aliphatic carbocycles. The van der Waals surface area contributed by atoms with Crippen molar-refractivity contribution in [3.63, 3.8) is 0 Å². The molecule has 1 aromatic heterocycles. The number of carbonyl (C=O) groups excluding carboxylic acids is 1. The monoisotopic (exact) mass is 361 g/mol. The molecule has 5 nitrogen and oxygen atoms in total. The van der Waals surface area contributed by atoms with Crippen LogP contribution in [0, 0.1) is 24.0 Å². The van der Waals surface area contributed by atoms with E-state index >= 15 is 0 Å². The Balaban J connectivity index is 2.06. The van der Waals surface area contributed by atoms with Crippen LogP contribution < -0.4 is 0 Å². The molecule has 0 aliphatic heterocycles. The molecule has 0 aliphatic rings. The Hall–Kier alpha value is -3.47. The van der Waals surface area contributed by atoms with Crippen molar-refractivity contribution in [3.05, 3.63) is 98.5 Å². The van der Waals surface area contributed by atoms with Crippen LogP contribution in [0.1, 0.15) is 45.5 Å². The molecule has 0 spiro atoms. The van der Waals surface area contributed by atoms with Gasteiger partial charge in [-0.05, 0) is 50.1 Å². The number of ketones is 1. The van der Waals surface area contributed by atoms with Crippen molar-refractivity contribution in [1.82, 2.24) is 0 Å². The molecule has 0 atom stereocenters. The molecule has 5 heteroatoms. The summed E-state index contributed by atoms with van der Waals surface area (Å²) >= 11 is 0. The predicted octanol–water partition coefficient (Wildman–Crippen LogP) is 5.60. The van der Waals surface area contributed by atoms with Crippen LogP contribution in [0.15, 0.2) is 59.0 Å². The number of nitro groups is 1. The van der Waals surface area contributed by atoms with Crippen molar-refractivity contribution in [2.45, 2.75) is 20.8 Å². The molecule has 0 saturated heterocycles. The van der Waals surface area contributed by atoms with Gasteiger partial charge in [0.25, 0.3) is 5.69 Å². The van der Waals surface area contributed by atoms with E-state index in [1.54, 1.807) is 42.5 Å². The molecule has 0 amide bonds. The molecular formula is C22H19NO4. The Bertz CT molecular complexity index is 1050. The summed E-state index contributed by atoms with van der Waals surface area (Å²) in [5.74, 6) is 1.26. The molecule has 136 valence electrons. The number of hydrogen-bond donors (Lipinski definition) is 0. The highest BCUT2D eigenvalue weighted by molar-refractivity contribution is 6.11. The van der Waals surface area contributed by atoms with Gasteiger partial charge < -0.3 is 4.42 Å². The van der Waals surface area contributed by atoms with E-state index in [0.717, 1.165) is 28.2 Å². The summed E-state index contributed by atoms with van der Waals surface area (Å²) in [5, 5.41) is 11.4. The summed E-state index contributed by atoms with van der Waals surface area (Å²) in [6, 6.07) is 15.1. The van der Waals surface area contributed by atoms with Gasteiger partial charge in [0.05, 0.1) is 4.92 Å². The number of allylic oxidation sites excluding steroid dienone is 1. The lowest BCUT2D eigenvalue weighted by atomic mass is 9.98. The number of aryl methyl sites for hydroxylation is 2. The minimum absolute atomic E-state index is 0.0767. The number of benzene rings is 2. The Labute approximate surface area is 157 Å². The maximum atomic E-state index is 12.8. The quantitative estimate of drug-likeness (QED) is 0.337. The smallest absolute Gasteiger partial charge is 0.280 e. The maximum absolute atomic E-state index is 12.8. The molecule has 3 rings (SSSR count). The molecule has 0 saturated carbocycles. The maximum Gasteiger partial charge on any atom is 0.280 e. The Morgan fingerprint density at radius 2 is 1.74 bits per heavy atom. The van der Waals surface area contributed by atoms with Crippen molar-refractivity contribution < 1.29 is 14.1 Å². The lowest BCUT2D eigenvalue weighted by Gasteiger charge is -2.05. The lowest BCUT2D eigenvalue weighted by molar-refractivity contribution is -0.385. The Morgan fingerprint density at radius 3 is 2.33 bits per heavy atom. The first-order chi connectivity index (χ1) is 12.9. The Kier molecular flexibility index (Phi) is 5.03. The molecule has 0 unspecified atom stereocenters. The molecule has 0 bridgehead atoms. The third-order valence-electron chi connectivity index (χ3n) is 4.35. The second kappa shape index (κ2) is 7.41. The number of carbonyl (C=O) groups is 1. The first kappa shape index (κ1) is 18.3. The SMILES string of the molecule is C/C(=C\c1ccc([N+](=O)[O-])c(C(=O)c2ccccc2)c1)c1cc(C)oc1C. The van der Waals surface area contributed by atoms with Gasteiger partial charge in [0, 0.05) is 17.2 Å². The fourth-order valence-electron chi connectivity index (χ4n) is 3.08. The zero-order valence-corrected chi connectivity index (χ0v) is 15.4. The predicted molar refractivity (Wildman–Crippen MR) is 105 cm³/mol. The van der Waals surface area contributed by atoms with Crippen molar-refractivity contribution >= 4 is 23.1 Å². The highest BCUT2D eigenvalue weighted by Crippen LogP contribution is 2.27. The minimum atomic E-state index is -0.528. The van der Waals surface area contributed by atoms with Gasteiger partial charge in [-0.15, -0.1) is 0 Å². The normalized spacial score (nSPS) is 11.4. The average molecular weight is 361 g/mol. The molecule has 1 heterocycles. The van der Waals surface area contributed by atoms with Gasteiger partial charge in [-0.1, -0.05) is 36.4 Å². The van der Waals surface area contributed by atoms with Crippen LogP contribution in [-0.4, -0.2) is 10.7 Å². The van der Waals surface area contributed by atoms with Crippen molar-refractivity contribution in [1.29, 1.82) is 0 Å². The van der Waals surface area contributed by atoms with E-state index < -0.39 is 4.92 Å². The number of nitrogens with zero attached hydrogens (tertiary/aromatic N) is 1. The van der Waals surface area contributed by atoms with Gasteiger partial charge in [-0.25, -0.2) is 0 Å². The van der Waals surface area contributed by atoms with E-state index in [4.69, 9.17) is 4.42 Å². The van der Waals surface area contributed by atoms with E-state index in [-0.39, 0.29) is 17.0 Å². The van der Waals surface area contributed by atoms with Gasteiger partial charge in [-0.2, -0.15) is 0 Å². The summed E-state index contributed by atoms with van der Waals surface area (Å²) < 4.78 is 5.56. The number of nitro benzene ring substituents is 1. The minimum Gasteiger partial charge on any atom is -0.466 e. The molecule has 0 radical (unpaired) electrons. The zero-order valence-electron chi connectivity index (χ0n) is 15.4. The van der Waals surface area contributed by atoms with Gasteiger partial charge >= 0.3 is 0 Å². The van der Waals surface area contributed by atoms with Crippen LogP contribution >= 0.6 is 0 Å². The van der Waals surface area contributed by atoms with Crippen LogP contribution in [0.5, 0.6) is 0 Å². The van der Waals surface area contributed by atoms with Gasteiger partial charge in [0.15, 0.2) is 5.78 Å². The van der Waals surface area contributed by atoms with E-state index in [2.05, 4.69) is 0 Å². The van der Waals surface area contributed by atoms with E-state index in [1.807, 2.05) is 32.9 Å². The van der Waals surface area contributed by atoms with Gasteiger partial charge in [-0.3, -0.25) is 14.9 Å². The van der Waals surface area contributed by atoms with Crippen molar-refractivity contribution in [2.24, 2.45) is 0 Å². The summed E-state index contributed by atoms with van der Waals surface area (Å²) in [4.78, 5) is 23.7. The third kappa shape index (κ3) is 3.87. The Morgan fingerprint density at radius 1 is 1.04 bits per heavy atom. The van der Waals surface area contributed by atoms with Crippen LogP contribution in [0.4, 0.5) is 5.69 Å². The fraction of sp³-hybridized carbons (Fsp3) is 0.136. The van der Waals surface area contributed by atoms with Crippen LogP contribution in [0.25, 0.3) is 11.6 Å². The molecule has 0 fully saturated rings. The summed E-state index contributed by atoms with van der Waals surface area (Å²) in [5.41, 5.74) is 2.94. The highest BCUT2D eigenvalue weighted by Gasteiger charge is 2.21. The third-order valence-corrected chi connectivity index (χ3v) is 4.35. The van der Waals surface area contributed by atoms with E-state index in [9.17, 15) is 14.9 Å². The lowest BCUT2D eigenvalue weighted by Crippen LogP contribution is -2.05. The fourth-order valence-corrected chi connectivity index (χ4v) is 3.08. The largest absolute Gasteiger partial charge is 0.466 e. The summed E-state index contributed by atoms with van der Waals surface area (Å²) in [7, 11) is 0. The standard InChI is InChI=1S/C22H19NO4/c1-14(19-12-15(2)27-16(19)3)11-17-9-10-21(23(25)26)20(13-17)22(24)18-7-5-4-6-8-18/h4-13H,1-3H3/b14-11+. The first-order valence-corrected chi connectivity index (χ1v) is 8.50. The van der Waals surface area contributed by atoms with E-state index in [0.29, 0.717) is 5.56 Å².